The van der Waals surface area contributed by atoms with Gasteiger partial charge in [0.1, 0.15) is 25.3 Å². The molecular weight excluding hydrogens is 833 g/mol. The summed E-state index contributed by atoms with van der Waals surface area (Å²) in [5, 5.41) is 37.0. The number of rotatable bonds is 0. The lowest BCUT2D eigenvalue weighted by Crippen LogP contribution is -2.06. The molecule has 8 heteroatoms. The SMILES string of the molecule is Cc1cc2c3ncnc4c5cc6c7ncnc(C)c7c7c(C)c(C)c8c9c(C)ncnc9c9cc%10c%11ncnc%12c%13cc(C)c(C)c%14c(c1C)c2c1c(c34)c2c5c3c6c7c8c9c3c%10c2c(c%12%11)c1c%13%14. The lowest BCUT2D eigenvalue weighted by atomic mass is 9.71. The van der Waals surface area contributed by atoms with Crippen LogP contribution in [0.3, 0.4) is 0 Å². The van der Waals surface area contributed by atoms with Crippen LogP contribution in [0, 0.1) is 55.4 Å². The second-order valence-corrected chi connectivity index (χ2v) is 20.7. The van der Waals surface area contributed by atoms with E-state index in [-0.39, 0.29) is 0 Å². The summed E-state index contributed by atoms with van der Waals surface area (Å²) in [5.41, 5.74) is 15.5. The van der Waals surface area contributed by atoms with Crippen molar-refractivity contribution in [3.63, 3.8) is 0 Å². The summed E-state index contributed by atoms with van der Waals surface area (Å²) in [6.07, 6.45) is 7.14. The number of hydrogen-bond donors (Lipinski definition) is 0. The van der Waals surface area contributed by atoms with Crippen molar-refractivity contribution in [1.29, 1.82) is 0 Å². The van der Waals surface area contributed by atoms with Crippen LogP contribution >= 0.6 is 0 Å². The fourth-order valence-corrected chi connectivity index (χ4v) is 15.4. The topological polar surface area (TPSA) is 103 Å². The third kappa shape index (κ3) is 3.02. The fourth-order valence-electron chi connectivity index (χ4n) is 15.4. The van der Waals surface area contributed by atoms with Crippen LogP contribution in [0.25, 0.3) is 195 Å². The number of benzene rings is 15. The normalized spacial score (nSPS) is 13.9. The predicted octanol–water partition coefficient (Wildman–Crippen LogP) is 15.0. The van der Waals surface area contributed by atoms with Crippen molar-refractivity contribution < 1.29 is 0 Å². The monoisotopic (exact) mass is 864 g/mol. The van der Waals surface area contributed by atoms with Gasteiger partial charge < -0.3 is 0 Å². The predicted molar refractivity (Wildman–Crippen MR) is 282 cm³/mol. The summed E-state index contributed by atoms with van der Waals surface area (Å²) < 4.78 is 0. The largest absolute Gasteiger partial charge is 0.241 e. The first-order valence-electron chi connectivity index (χ1n) is 23.7. The second-order valence-electron chi connectivity index (χ2n) is 20.7. The Morgan fingerprint density at radius 1 is 0.206 bits per heavy atom. The molecule has 312 valence electrons. The molecule has 4 heterocycles. The Morgan fingerprint density at radius 2 is 0.441 bits per heavy atom. The van der Waals surface area contributed by atoms with Gasteiger partial charge in [-0.15, -0.1) is 0 Å². The van der Waals surface area contributed by atoms with Gasteiger partial charge in [-0.3, -0.25) is 0 Å². The van der Waals surface area contributed by atoms with Crippen LogP contribution in [-0.4, -0.2) is 39.9 Å². The molecule has 0 unspecified atom stereocenters. The molecule has 19 rings (SSSR count). The maximum Gasteiger partial charge on any atom is 0.116 e. The Balaban J connectivity index is 1.32. The zero-order chi connectivity index (χ0) is 44.7. The molecular formula is C60H32N8. The minimum Gasteiger partial charge on any atom is -0.241 e. The van der Waals surface area contributed by atoms with E-state index in [2.05, 4.69) is 79.7 Å². The number of aromatic nitrogens is 8. The molecule has 68 heavy (non-hydrogen) atoms. The Labute approximate surface area is 382 Å². The number of fused-ring (bicyclic) bond motifs is 11. The maximum atomic E-state index is 5.40. The van der Waals surface area contributed by atoms with Crippen molar-refractivity contribution in [3.05, 3.63) is 94.3 Å². The highest BCUT2D eigenvalue weighted by atomic mass is 14.9. The average Bonchev–Trinajstić information content (AvgIpc) is 3.35. The van der Waals surface area contributed by atoms with Crippen LogP contribution in [-0.2, 0) is 0 Å². The molecule has 0 saturated heterocycles. The van der Waals surface area contributed by atoms with Crippen LogP contribution in [0.1, 0.15) is 44.8 Å². The smallest absolute Gasteiger partial charge is 0.116 e. The first kappa shape index (κ1) is 34.0. The molecule has 0 atom stereocenters. The highest BCUT2D eigenvalue weighted by Gasteiger charge is 2.37. The molecule has 15 aromatic carbocycles. The zero-order valence-electron chi connectivity index (χ0n) is 38.2. The molecule has 0 amide bonds. The van der Waals surface area contributed by atoms with E-state index in [4.69, 9.17) is 39.9 Å². The van der Waals surface area contributed by atoms with Crippen LogP contribution in [0.5, 0.6) is 0 Å². The van der Waals surface area contributed by atoms with Gasteiger partial charge in [0, 0.05) is 141 Å². The highest BCUT2D eigenvalue weighted by molar-refractivity contribution is 6.65. The molecule has 8 nitrogen and oxygen atoms in total. The summed E-state index contributed by atoms with van der Waals surface area (Å²) in [6.45, 7) is 18.1. The number of aryl methyl sites for hydroxylation is 8. The molecule has 0 aliphatic carbocycles. The Bertz CT molecular complexity index is 5290. The summed E-state index contributed by atoms with van der Waals surface area (Å²) in [6, 6.07) is 9.71. The molecule has 0 spiro atoms. The van der Waals surface area contributed by atoms with E-state index >= 15 is 0 Å². The van der Waals surface area contributed by atoms with Crippen molar-refractivity contribution in [2.24, 2.45) is 0 Å². The third-order valence-corrected chi connectivity index (χ3v) is 18.2. The zero-order valence-corrected chi connectivity index (χ0v) is 38.2. The van der Waals surface area contributed by atoms with Crippen molar-refractivity contribution >= 4 is 195 Å². The van der Waals surface area contributed by atoms with Crippen molar-refractivity contribution in [3.8, 4) is 0 Å². The van der Waals surface area contributed by atoms with Gasteiger partial charge in [0.15, 0.2) is 0 Å². The van der Waals surface area contributed by atoms with Crippen LogP contribution in [0.15, 0.2) is 49.6 Å². The van der Waals surface area contributed by atoms with E-state index in [0.717, 1.165) is 87.6 Å². The summed E-state index contributed by atoms with van der Waals surface area (Å²) in [4.78, 5) is 41.8. The Hall–Kier alpha value is -8.36. The first-order valence-corrected chi connectivity index (χ1v) is 23.7. The van der Waals surface area contributed by atoms with E-state index in [9.17, 15) is 0 Å². The Morgan fingerprint density at radius 3 is 0.794 bits per heavy atom. The van der Waals surface area contributed by atoms with E-state index in [1.807, 2.05) is 12.7 Å². The molecule has 0 aliphatic heterocycles. The van der Waals surface area contributed by atoms with Crippen molar-refractivity contribution in [1.82, 2.24) is 39.9 Å². The highest BCUT2D eigenvalue weighted by Crippen LogP contribution is 2.64. The van der Waals surface area contributed by atoms with Gasteiger partial charge in [0.25, 0.3) is 0 Å². The second kappa shape index (κ2) is 9.99. The minimum atomic E-state index is 0.976. The van der Waals surface area contributed by atoms with E-state index in [1.54, 1.807) is 12.7 Å². The first-order chi connectivity index (χ1) is 33.2. The molecule has 0 N–H and O–H groups in total. The summed E-state index contributed by atoms with van der Waals surface area (Å²) in [5.74, 6) is 0. The van der Waals surface area contributed by atoms with Crippen molar-refractivity contribution in [2.75, 3.05) is 0 Å². The average molecular weight is 865 g/mol. The van der Waals surface area contributed by atoms with E-state index in [0.29, 0.717) is 0 Å². The third-order valence-electron chi connectivity index (χ3n) is 18.2. The summed E-state index contributed by atoms with van der Waals surface area (Å²) >= 11 is 0. The lowest BCUT2D eigenvalue weighted by Gasteiger charge is -2.32. The molecule has 4 aromatic heterocycles. The number of hydrogen-bond acceptors (Lipinski definition) is 8. The quantitative estimate of drug-likeness (QED) is 0.110. The molecule has 0 saturated carbocycles. The van der Waals surface area contributed by atoms with Gasteiger partial charge in [-0.1, -0.05) is 0 Å². The molecule has 0 aliphatic rings. The molecule has 19 aromatic rings. The van der Waals surface area contributed by atoms with Crippen LogP contribution in [0.2, 0.25) is 0 Å². The van der Waals surface area contributed by atoms with Gasteiger partial charge in [-0.2, -0.15) is 0 Å². The van der Waals surface area contributed by atoms with E-state index < -0.39 is 0 Å². The molecule has 0 radical (unpaired) electrons. The standard InChI is InChI=1S/C60H32N8/c1-17-9-25-37-31(19(17)3)32-20(4)18(2)10-26-38(32)48-47(37)51-49-41-29(59-53(51)57(25)65-15-67-59)11-27-39-43-33(35-23(7)61-13-63-55(27)35)21(5)22(6)34-36-24(8)62-14-64-56(36)28-12-30-42(46(45(39)41)40(28)44(34)43)50(49)52(48)54-58(26)66-16-68-60(30)54/h9-16H,1-8H3. The number of nitrogens with zero attached hydrogens (tertiary/aromatic N) is 8. The fraction of sp³-hybridized carbons (Fsp3) is 0.133. The minimum absolute atomic E-state index is 0.976. The Kier molecular flexibility index (Phi) is 5.00. The summed E-state index contributed by atoms with van der Waals surface area (Å²) in [7, 11) is 0. The van der Waals surface area contributed by atoms with Gasteiger partial charge in [0.05, 0.1) is 33.1 Å². The van der Waals surface area contributed by atoms with Gasteiger partial charge in [0.2, 0.25) is 0 Å². The molecule has 0 fully saturated rings. The maximum absolute atomic E-state index is 5.40. The van der Waals surface area contributed by atoms with Crippen LogP contribution < -0.4 is 0 Å². The van der Waals surface area contributed by atoms with Gasteiger partial charge >= 0.3 is 0 Å². The van der Waals surface area contributed by atoms with Crippen LogP contribution in [0.4, 0.5) is 0 Å². The lowest BCUT2D eigenvalue weighted by molar-refractivity contribution is 1.16. The van der Waals surface area contributed by atoms with Gasteiger partial charge in [-0.25, -0.2) is 39.9 Å². The molecule has 0 bridgehead atoms. The van der Waals surface area contributed by atoms with Crippen molar-refractivity contribution in [2.45, 2.75) is 55.4 Å². The van der Waals surface area contributed by atoms with E-state index in [1.165, 1.54) is 152 Å². The van der Waals surface area contributed by atoms with Gasteiger partial charge in [-0.05, 0) is 145 Å².